The van der Waals surface area contributed by atoms with Gasteiger partial charge >= 0.3 is 0 Å². The average Bonchev–Trinajstić information content (AvgIpc) is 2.70. The first-order valence-corrected chi connectivity index (χ1v) is 10.7. The maximum Gasteiger partial charge on any atom is 0.279 e. The standard InChI is InChI=1S/C24H33N3O2/c1-24(2,3)20-9-11-21(12-10-20)25-23(28)19-27-15-13-26(14-16-27)17-18-29-22-7-5-4-6-8-22/h4-12H,13-19H2,1-3H3,(H,25,28)/p+2. The van der Waals surface area contributed by atoms with Crippen molar-refractivity contribution in [2.24, 2.45) is 0 Å². The highest BCUT2D eigenvalue weighted by molar-refractivity contribution is 5.91. The van der Waals surface area contributed by atoms with E-state index in [0.717, 1.165) is 50.8 Å². The molecule has 0 atom stereocenters. The van der Waals surface area contributed by atoms with E-state index in [1.807, 2.05) is 42.5 Å². The normalized spacial score (nSPS) is 19.6. The van der Waals surface area contributed by atoms with Gasteiger partial charge in [0.1, 0.15) is 45.1 Å². The van der Waals surface area contributed by atoms with E-state index in [1.165, 1.54) is 10.5 Å². The molecule has 0 aliphatic carbocycles. The molecule has 1 heterocycles. The fraction of sp³-hybridized carbons (Fsp3) is 0.458. The second kappa shape index (κ2) is 9.90. The molecule has 5 heteroatoms. The number of benzene rings is 2. The van der Waals surface area contributed by atoms with E-state index in [4.69, 9.17) is 4.74 Å². The molecule has 2 aromatic carbocycles. The van der Waals surface area contributed by atoms with Crippen molar-refractivity contribution >= 4 is 11.6 Å². The number of hydrogen-bond acceptors (Lipinski definition) is 2. The SMILES string of the molecule is CC(C)(C)c1ccc(NC(=O)C[NH+]2CC[NH+](CCOc3ccccc3)CC2)cc1. The zero-order chi connectivity index (χ0) is 20.7. The summed E-state index contributed by atoms with van der Waals surface area (Å²) >= 11 is 0. The number of carbonyl (C=O) groups is 1. The molecule has 1 aliphatic rings. The first kappa shape index (κ1) is 21.3. The van der Waals surface area contributed by atoms with Crippen molar-refractivity contribution in [2.45, 2.75) is 26.2 Å². The van der Waals surface area contributed by atoms with Crippen molar-refractivity contribution < 1.29 is 19.3 Å². The van der Waals surface area contributed by atoms with Gasteiger partial charge in [-0.2, -0.15) is 0 Å². The maximum atomic E-state index is 12.4. The highest BCUT2D eigenvalue weighted by Crippen LogP contribution is 2.23. The van der Waals surface area contributed by atoms with Crippen LogP contribution in [0.15, 0.2) is 54.6 Å². The lowest BCUT2D eigenvalue weighted by Crippen LogP contribution is -3.28. The molecule has 0 radical (unpaired) electrons. The minimum atomic E-state index is 0.0966. The first-order valence-electron chi connectivity index (χ1n) is 10.7. The second-order valence-corrected chi connectivity index (χ2v) is 8.96. The summed E-state index contributed by atoms with van der Waals surface area (Å²) in [5.41, 5.74) is 2.28. The first-order chi connectivity index (χ1) is 13.9. The predicted octanol–water partition coefficient (Wildman–Crippen LogP) is 0.785. The number of piperazine rings is 1. The number of carbonyl (C=O) groups excluding carboxylic acids is 1. The average molecular weight is 398 g/mol. The molecule has 0 saturated carbocycles. The van der Waals surface area contributed by atoms with E-state index >= 15 is 0 Å². The van der Waals surface area contributed by atoms with E-state index in [-0.39, 0.29) is 11.3 Å². The van der Waals surface area contributed by atoms with Crippen LogP contribution in [0.25, 0.3) is 0 Å². The Morgan fingerprint density at radius 1 is 0.931 bits per heavy atom. The third-order valence-electron chi connectivity index (χ3n) is 5.58. The Bertz CT molecular complexity index is 761. The zero-order valence-corrected chi connectivity index (χ0v) is 18.0. The van der Waals surface area contributed by atoms with E-state index in [0.29, 0.717) is 6.54 Å². The van der Waals surface area contributed by atoms with Crippen LogP contribution in [-0.4, -0.2) is 51.8 Å². The fourth-order valence-electron chi connectivity index (χ4n) is 3.70. The summed E-state index contributed by atoms with van der Waals surface area (Å²) in [5.74, 6) is 1.03. The number of anilines is 1. The molecule has 1 saturated heterocycles. The van der Waals surface area contributed by atoms with Crippen LogP contribution in [0, 0.1) is 0 Å². The molecule has 1 aliphatic heterocycles. The van der Waals surface area contributed by atoms with Crippen LogP contribution in [-0.2, 0) is 10.2 Å². The molecule has 1 amide bonds. The molecule has 0 spiro atoms. The topological polar surface area (TPSA) is 47.2 Å². The van der Waals surface area contributed by atoms with Gasteiger partial charge in [-0.15, -0.1) is 0 Å². The number of para-hydroxylation sites is 1. The molecule has 5 nitrogen and oxygen atoms in total. The van der Waals surface area contributed by atoms with Crippen LogP contribution in [0.3, 0.4) is 0 Å². The third-order valence-corrected chi connectivity index (χ3v) is 5.58. The van der Waals surface area contributed by atoms with Crippen molar-refractivity contribution in [3.8, 4) is 5.75 Å². The molecule has 0 unspecified atom stereocenters. The van der Waals surface area contributed by atoms with Gasteiger partial charge in [0.2, 0.25) is 0 Å². The Balaban J connectivity index is 1.35. The highest BCUT2D eigenvalue weighted by Gasteiger charge is 2.24. The Hall–Kier alpha value is -2.37. The summed E-state index contributed by atoms with van der Waals surface area (Å²) in [6.07, 6.45) is 0. The van der Waals surface area contributed by atoms with Gasteiger partial charge in [-0.05, 0) is 35.2 Å². The number of hydrogen-bond donors (Lipinski definition) is 3. The van der Waals surface area contributed by atoms with Crippen LogP contribution in [0.2, 0.25) is 0 Å². The van der Waals surface area contributed by atoms with E-state index in [1.54, 1.807) is 4.90 Å². The van der Waals surface area contributed by atoms with Gasteiger partial charge in [-0.1, -0.05) is 51.1 Å². The summed E-state index contributed by atoms with van der Waals surface area (Å²) < 4.78 is 5.80. The lowest BCUT2D eigenvalue weighted by molar-refractivity contribution is -1.01. The predicted molar refractivity (Wildman–Crippen MR) is 117 cm³/mol. The van der Waals surface area contributed by atoms with Crippen molar-refractivity contribution in [2.75, 3.05) is 51.2 Å². The van der Waals surface area contributed by atoms with Crippen molar-refractivity contribution in [1.29, 1.82) is 0 Å². The zero-order valence-electron chi connectivity index (χ0n) is 18.0. The van der Waals surface area contributed by atoms with Gasteiger partial charge in [0.25, 0.3) is 5.91 Å². The minimum absolute atomic E-state index is 0.0966. The van der Waals surface area contributed by atoms with Crippen LogP contribution in [0.4, 0.5) is 5.69 Å². The summed E-state index contributed by atoms with van der Waals surface area (Å²) in [6.45, 7) is 13.1. The summed E-state index contributed by atoms with van der Waals surface area (Å²) in [4.78, 5) is 15.3. The Kier molecular flexibility index (Phi) is 7.29. The monoisotopic (exact) mass is 397 g/mol. The fourth-order valence-corrected chi connectivity index (χ4v) is 3.70. The molecule has 0 aromatic heterocycles. The molecular weight excluding hydrogens is 362 g/mol. The number of rotatable bonds is 7. The van der Waals surface area contributed by atoms with Gasteiger partial charge in [-0.3, -0.25) is 4.79 Å². The van der Waals surface area contributed by atoms with Gasteiger partial charge in [0.15, 0.2) is 6.54 Å². The Morgan fingerprint density at radius 3 is 2.17 bits per heavy atom. The van der Waals surface area contributed by atoms with Gasteiger partial charge in [0.05, 0.1) is 0 Å². The number of amides is 1. The lowest BCUT2D eigenvalue weighted by atomic mass is 9.87. The maximum absolute atomic E-state index is 12.4. The Labute approximate surface area is 174 Å². The minimum Gasteiger partial charge on any atom is -0.488 e. The van der Waals surface area contributed by atoms with Gasteiger partial charge in [0, 0.05) is 5.69 Å². The number of ether oxygens (including phenoxy) is 1. The highest BCUT2D eigenvalue weighted by atomic mass is 16.5. The Morgan fingerprint density at radius 2 is 1.55 bits per heavy atom. The molecule has 3 rings (SSSR count). The third kappa shape index (κ3) is 6.87. The van der Waals surface area contributed by atoms with E-state index in [9.17, 15) is 4.79 Å². The molecule has 29 heavy (non-hydrogen) atoms. The van der Waals surface area contributed by atoms with Crippen LogP contribution < -0.4 is 19.9 Å². The summed E-state index contributed by atoms with van der Waals surface area (Å²) in [5, 5.41) is 3.04. The largest absolute Gasteiger partial charge is 0.488 e. The van der Waals surface area contributed by atoms with Crippen molar-refractivity contribution in [3.05, 3.63) is 60.2 Å². The summed E-state index contributed by atoms with van der Waals surface area (Å²) in [6, 6.07) is 18.2. The molecule has 3 N–H and O–H groups in total. The van der Waals surface area contributed by atoms with Crippen LogP contribution in [0.1, 0.15) is 26.3 Å². The van der Waals surface area contributed by atoms with E-state index in [2.05, 4.69) is 38.2 Å². The smallest absolute Gasteiger partial charge is 0.279 e. The molecular formula is C24H35N3O2+2. The quantitative estimate of drug-likeness (QED) is 0.647. The van der Waals surface area contributed by atoms with Crippen molar-refractivity contribution in [1.82, 2.24) is 0 Å². The molecule has 0 bridgehead atoms. The number of nitrogens with one attached hydrogen (secondary N) is 3. The van der Waals surface area contributed by atoms with Crippen molar-refractivity contribution in [3.63, 3.8) is 0 Å². The van der Waals surface area contributed by atoms with E-state index < -0.39 is 0 Å². The van der Waals surface area contributed by atoms with Crippen LogP contribution >= 0.6 is 0 Å². The second-order valence-electron chi connectivity index (χ2n) is 8.96. The lowest BCUT2D eigenvalue weighted by Gasteiger charge is -2.29. The van der Waals surface area contributed by atoms with Crippen LogP contribution in [0.5, 0.6) is 5.75 Å². The molecule has 1 fully saturated rings. The number of quaternary nitrogens is 2. The molecule has 156 valence electrons. The summed E-state index contributed by atoms with van der Waals surface area (Å²) in [7, 11) is 0. The van der Waals surface area contributed by atoms with Gasteiger partial charge in [-0.25, -0.2) is 0 Å². The molecule has 2 aromatic rings. The van der Waals surface area contributed by atoms with Gasteiger partial charge < -0.3 is 19.9 Å².